The molecule has 0 saturated heterocycles. The summed E-state index contributed by atoms with van der Waals surface area (Å²) < 4.78 is 0. The molecule has 1 aromatic rings. The average molecular weight is 224 g/mol. The Kier molecular flexibility index (Phi) is 3.51. The maximum atomic E-state index is 10.7. The number of anilines is 1. The second-order valence-corrected chi connectivity index (χ2v) is 3.86. The Bertz CT molecular complexity index is 395. The average Bonchev–Trinajstić information content (AvgIpc) is 2.22. The van der Waals surface area contributed by atoms with Crippen molar-refractivity contribution >= 4 is 11.6 Å². The predicted molar refractivity (Wildman–Crippen MR) is 60.5 cm³/mol. The highest BCUT2D eigenvalue weighted by Crippen LogP contribution is 2.24. The van der Waals surface area contributed by atoms with Crippen molar-refractivity contribution in [3.8, 4) is 0 Å². The highest BCUT2D eigenvalue weighted by molar-refractivity contribution is 5.79. The lowest BCUT2D eigenvalue weighted by Gasteiger charge is -2.17. The standard InChI is InChI=1S/C11H16N2O3/c1-5-3-7(4-6(2)8(5)12)9(14)10(15)11(13)16/h3-4,9-10,14-15H,12H2,1-2H3,(H2,13,16). The predicted octanol–water partition coefficient (Wildman–Crippen LogP) is -0.235. The largest absolute Gasteiger partial charge is 0.398 e. The van der Waals surface area contributed by atoms with Gasteiger partial charge >= 0.3 is 0 Å². The molecule has 0 aromatic heterocycles. The van der Waals surface area contributed by atoms with Crippen LogP contribution in [0.15, 0.2) is 12.1 Å². The molecular formula is C11H16N2O3. The lowest BCUT2D eigenvalue weighted by atomic mass is 9.98. The summed E-state index contributed by atoms with van der Waals surface area (Å²) in [5.74, 6) is -0.959. The number of hydrogen-bond acceptors (Lipinski definition) is 4. The van der Waals surface area contributed by atoms with Crippen molar-refractivity contribution in [2.75, 3.05) is 5.73 Å². The number of aliphatic hydroxyl groups is 2. The van der Waals surface area contributed by atoms with Crippen LogP contribution >= 0.6 is 0 Å². The van der Waals surface area contributed by atoms with E-state index in [-0.39, 0.29) is 0 Å². The molecule has 0 aliphatic heterocycles. The van der Waals surface area contributed by atoms with E-state index in [4.69, 9.17) is 11.5 Å². The normalized spacial score (nSPS) is 14.5. The van der Waals surface area contributed by atoms with Crippen molar-refractivity contribution in [3.05, 3.63) is 28.8 Å². The van der Waals surface area contributed by atoms with Crippen molar-refractivity contribution in [1.82, 2.24) is 0 Å². The Hall–Kier alpha value is -1.59. The van der Waals surface area contributed by atoms with Gasteiger partial charge in [-0.1, -0.05) is 12.1 Å². The number of carbonyl (C=O) groups is 1. The molecule has 88 valence electrons. The van der Waals surface area contributed by atoms with Gasteiger partial charge in [0.15, 0.2) is 6.10 Å². The smallest absolute Gasteiger partial charge is 0.249 e. The van der Waals surface area contributed by atoms with Crippen LogP contribution in [-0.4, -0.2) is 22.2 Å². The third-order valence-corrected chi connectivity index (χ3v) is 2.55. The first-order valence-electron chi connectivity index (χ1n) is 4.86. The van der Waals surface area contributed by atoms with E-state index in [0.29, 0.717) is 11.3 Å². The lowest BCUT2D eigenvalue weighted by Crippen LogP contribution is -2.33. The van der Waals surface area contributed by atoms with Crippen LogP contribution in [0.2, 0.25) is 0 Å². The van der Waals surface area contributed by atoms with Crippen LogP contribution in [0.4, 0.5) is 5.69 Å². The van der Waals surface area contributed by atoms with Crippen LogP contribution in [0.1, 0.15) is 22.8 Å². The van der Waals surface area contributed by atoms with E-state index < -0.39 is 18.1 Å². The third kappa shape index (κ3) is 2.32. The summed E-state index contributed by atoms with van der Waals surface area (Å²) >= 11 is 0. The first kappa shape index (κ1) is 12.5. The Morgan fingerprint density at radius 1 is 1.25 bits per heavy atom. The Balaban J connectivity index is 3.10. The van der Waals surface area contributed by atoms with Gasteiger partial charge in [-0.05, 0) is 30.5 Å². The number of primary amides is 1. The highest BCUT2D eigenvalue weighted by atomic mass is 16.3. The number of nitrogens with two attached hydrogens (primary N) is 2. The fourth-order valence-corrected chi connectivity index (χ4v) is 1.52. The molecule has 6 N–H and O–H groups in total. The third-order valence-electron chi connectivity index (χ3n) is 2.55. The van der Waals surface area contributed by atoms with Crippen molar-refractivity contribution in [2.45, 2.75) is 26.1 Å². The molecule has 0 spiro atoms. The summed E-state index contributed by atoms with van der Waals surface area (Å²) in [7, 11) is 0. The molecular weight excluding hydrogens is 208 g/mol. The molecule has 0 fully saturated rings. The molecule has 0 heterocycles. The van der Waals surface area contributed by atoms with E-state index in [1.54, 1.807) is 26.0 Å². The van der Waals surface area contributed by atoms with Gasteiger partial charge in [-0.3, -0.25) is 4.79 Å². The number of carbonyl (C=O) groups excluding carboxylic acids is 1. The van der Waals surface area contributed by atoms with Crippen molar-refractivity contribution in [3.63, 3.8) is 0 Å². The molecule has 2 unspecified atom stereocenters. The summed E-state index contributed by atoms with van der Waals surface area (Å²) in [6, 6.07) is 3.25. The number of aliphatic hydroxyl groups excluding tert-OH is 2. The maximum Gasteiger partial charge on any atom is 0.249 e. The van der Waals surface area contributed by atoms with Gasteiger partial charge in [0.05, 0.1) is 0 Å². The number of amides is 1. The molecule has 16 heavy (non-hydrogen) atoms. The van der Waals surface area contributed by atoms with E-state index in [1.165, 1.54) is 0 Å². The van der Waals surface area contributed by atoms with Crippen molar-refractivity contribution < 1.29 is 15.0 Å². The quantitative estimate of drug-likeness (QED) is 0.531. The van der Waals surface area contributed by atoms with Gasteiger partial charge in [0, 0.05) is 5.69 Å². The zero-order valence-corrected chi connectivity index (χ0v) is 9.27. The Morgan fingerprint density at radius 2 is 1.69 bits per heavy atom. The maximum absolute atomic E-state index is 10.7. The van der Waals surface area contributed by atoms with Gasteiger partial charge in [-0.25, -0.2) is 0 Å². The molecule has 0 aliphatic carbocycles. The van der Waals surface area contributed by atoms with Gasteiger partial charge in [-0.15, -0.1) is 0 Å². The number of aryl methyl sites for hydroxylation is 2. The second-order valence-electron chi connectivity index (χ2n) is 3.86. The summed E-state index contributed by atoms with van der Waals surface area (Å²) in [4.78, 5) is 10.7. The first-order valence-corrected chi connectivity index (χ1v) is 4.86. The monoisotopic (exact) mass is 224 g/mol. The van der Waals surface area contributed by atoms with E-state index in [1.807, 2.05) is 0 Å². The summed E-state index contributed by atoms with van der Waals surface area (Å²) in [6.45, 7) is 3.57. The number of nitrogen functional groups attached to an aromatic ring is 1. The van der Waals surface area contributed by atoms with E-state index in [2.05, 4.69) is 0 Å². The van der Waals surface area contributed by atoms with E-state index in [0.717, 1.165) is 11.1 Å². The van der Waals surface area contributed by atoms with E-state index in [9.17, 15) is 15.0 Å². The van der Waals surface area contributed by atoms with Gasteiger partial charge < -0.3 is 21.7 Å². The Morgan fingerprint density at radius 3 is 2.06 bits per heavy atom. The van der Waals surface area contributed by atoms with Crippen molar-refractivity contribution in [2.24, 2.45) is 5.73 Å². The molecule has 5 nitrogen and oxygen atoms in total. The van der Waals surface area contributed by atoms with Gasteiger partial charge in [0.1, 0.15) is 6.10 Å². The van der Waals surface area contributed by atoms with Crippen LogP contribution in [0, 0.1) is 13.8 Å². The van der Waals surface area contributed by atoms with Crippen LogP contribution in [0.25, 0.3) is 0 Å². The zero-order chi connectivity index (χ0) is 12.5. The minimum atomic E-state index is -1.61. The van der Waals surface area contributed by atoms with Gasteiger partial charge in [0.2, 0.25) is 5.91 Å². The first-order chi connectivity index (χ1) is 7.34. The number of benzene rings is 1. The summed E-state index contributed by atoms with van der Waals surface area (Å²) in [5.41, 5.74) is 13.3. The molecule has 0 radical (unpaired) electrons. The summed E-state index contributed by atoms with van der Waals surface area (Å²) in [5, 5.41) is 19.1. The lowest BCUT2D eigenvalue weighted by molar-refractivity contribution is -0.131. The molecule has 0 aliphatic rings. The number of hydrogen-bond donors (Lipinski definition) is 4. The second kappa shape index (κ2) is 4.51. The van der Waals surface area contributed by atoms with Crippen LogP contribution in [-0.2, 0) is 4.79 Å². The highest BCUT2D eigenvalue weighted by Gasteiger charge is 2.24. The molecule has 1 rings (SSSR count). The summed E-state index contributed by atoms with van der Waals surface area (Å²) in [6.07, 6.45) is -2.93. The van der Waals surface area contributed by atoms with Crippen LogP contribution < -0.4 is 11.5 Å². The van der Waals surface area contributed by atoms with Crippen LogP contribution in [0.3, 0.4) is 0 Å². The zero-order valence-electron chi connectivity index (χ0n) is 9.27. The minimum absolute atomic E-state index is 0.426. The molecule has 1 aromatic carbocycles. The molecule has 0 bridgehead atoms. The SMILES string of the molecule is Cc1cc(C(O)C(O)C(N)=O)cc(C)c1N. The molecule has 1 amide bonds. The Labute approximate surface area is 93.7 Å². The fourth-order valence-electron chi connectivity index (χ4n) is 1.52. The van der Waals surface area contributed by atoms with Gasteiger partial charge in [-0.2, -0.15) is 0 Å². The van der Waals surface area contributed by atoms with Gasteiger partial charge in [0.25, 0.3) is 0 Å². The number of rotatable bonds is 3. The van der Waals surface area contributed by atoms with E-state index >= 15 is 0 Å². The topological polar surface area (TPSA) is 110 Å². The van der Waals surface area contributed by atoms with Crippen LogP contribution in [0.5, 0.6) is 0 Å². The fraction of sp³-hybridized carbons (Fsp3) is 0.364. The molecule has 5 heteroatoms. The van der Waals surface area contributed by atoms with Crippen molar-refractivity contribution in [1.29, 1.82) is 0 Å². The minimum Gasteiger partial charge on any atom is -0.398 e. The molecule has 2 atom stereocenters. The molecule has 0 saturated carbocycles.